The van der Waals surface area contributed by atoms with Gasteiger partial charge in [0.05, 0.1) is 0 Å². The Morgan fingerprint density at radius 1 is 1.10 bits per heavy atom. The zero-order valence-corrected chi connectivity index (χ0v) is 17.2. The molecular weight excluding hydrogens is 300 g/mol. The van der Waals surface area contributed by atoms with Crippen LogP contribution in [0.2, 0.25) is 22.2 Å². The standard InChI is InChI=1S/C15H33O4Si2/c1-10-15(7,20(17-8)18-9)14(16)19-21(11-2,12(3)4)13(5)6/h12-13H,10-11H2,1-9H3. The van der Waals surface area contributed by atoms with Gasteiger partial charge < -0.3 is 13.3 Å². The Bertz CT molecular complexity index is 322. The third-order valence-electron chi connectivity index (χ3n) is 4.77. The van der Waals surface area contributed by atoms with E-state index in [1.165, 1.54) is 0 Å². The van der Waals surface area contributed by atoms with Crippen molar-refractivity contribution >= 4 is 23.6 Å². The summed E-state index contributed by atoms with van der Waals surface area (Å²) in [6.07, 6.45) is 0.659. The van der Waals surface area contributed by atoms with Gasteiger partial charge in [0, 0.05) is 14.2 Å². The molecule has 0 spiro atoms. The second-order valence-corrected chi connectivity index (χ2v) is 14.0. The molecule has 0 heterocycles. The molecule has 0 saturated carbocycles. The van der Waals surface area contributed by atoms with E-state index in [1.54, 1.807) is 14.2 Å². The second-order valence-electron chi connectivity index (χ2n) is 6.39. The fourth-order valence-electron chi connectivity index (χ4n) is 2.98. The fraction of sp³-hybridized carbons (Fsp3) is 0.933. The van der Waals surface area contributed by atoms with Gasteiger partial charge in [-0.2, -0.15) is 0 Å². The topological polar surface area (TPSA) is 44.8 Å². The van der Waals surface area contributed by atoms with Crippen molar-refractivity contribution in [2.24, 2.45) is 0 Å². The third kappa shape index (κ3) is 4.18. The van der Waals surface area contributed by atoms with E-state index in [0.29, 0.717) is 17.5 Å². The Hall–Kier alpha value is -0.176. The Morgan fingerprint density at radius 3 is 1.76 bits per heavy atom. The fourth-order valence-corrected chi connectivity index (χ4v) is 8.81. The van der Waals surface area contributed by atoms with Gasteiger partial charge in [-0.1, -0.05) is 41.5 Å². The van der Waals surface area contributed by atoms with Crippen molar-refractivity contribution < 1.29 is 18.1 Å². The highest BCUT2D eigenvalue weighted by atomic mass is 28.4. The maximum atomic E-state index is 12.9. The van der Waals surface area contributed by atoms with E-state index >= 15 is 0 Å². The molecule has 0 aromatic heterocycles. The SMILES string of the molecule is CCC(C)(C(=O)O[Si](CC)(C(C)C)C(C)C)[Si](OC)OC. The van der Waals surface area contributed by atoms with E-state index in [4.69, 9.17) is 13.3 Å². The maximum absolute atomic E-state index is 12.9. The van der Waals surface area contributed by atoms with E-state index in [0.717, 1.165) is 6.04 Å². The molecular formula is C15H33O4Si2. The Morgan fingerprint density at radius 2 is 1.52 bits per heavy atom. The molecule has 4 nitrogen and oxygen atoms in total. The molecule has 0 amide bonds. The van der Waals surface area contributed by atoms with Crippen LogP contribution in [0.1, 0.15) is 54.9 Å². The molecule has 0 fully saturated rings. The molecule has 0 aromatic rings. The van der Waals surface area contributed by atoms with Crippen molar-refractivity contribution in [1.82, 2.24) is 0 Å². The van der Waals surface area contributed by atoms with Crippen molar-refractivity contribution in [2.75, 3.05) is 14.2 Å². The lowest BCUT2D eigenvalue weighted by Crippen LogP contribution is -2.50. The van der Waals surface area contributed by atoms with Crippen molar-refractivity contribution in [3.63, 3.8) is 0 Å². The van der Waals surface area contributed by atoms with Crippen LogP contribution in [0.15, 0.2) is 0 Å². The highest BCUT2D eigenvalue weighted by molar-refractivity contribution is 6.78. The molecule has 1 unspecified atom stereocenters. The van der Waals surface area contributed by atoms with Crippen LogP contribution >= 0.6 is 0 Å². The minimum Gasteiger partial charge on any atom is -0.518 e. The summed E-state index contributed by atoms with van der Waals surface area (Å²) in [6, 6.07) is 0.940. The van der Waals surface area contributed by atoms with Crippen LogP contribution in [0, 0.1) is 0 Å². The Labute approximate surface area is 133 Å². The number of rotatable bonds is 9. The van der Waals surface area contributed by atoms with Crippen molar-refractivity contribution in [3.8, 4) is 0 Å². The summed E-state index contributed by atoms with van der Waals surface area (Å²) in [6.45, 7) is 14.7. The summed E-state index contributed by atoms with van der Waals surface area (Å²) in [5.74, 6) is -0.140. The minimum absolute atomic E-state index is 0.140. The highest BCUT2D eigenvalue weighted by Crippen LogP contribution is 2.42. The lowest BCUT2D eigenvalue weighted by atomic mass is 10.1. The van der Waals surface area contributed by atoms with Crippen LogP contribution in [0.25, 0.3) is 0 Å². The van der Waals surface area contributed by atoms with Crippen LogP contribution in [-0.2, 0) is 18.1 Å². The first-order valence-electron chi connectivity index (χ1n) is 7.85. The number of carbonyl (C=O) groups is 1. The van der Waals surface area contributed by atoms with Crippen LogP contribution < -0.4 is 0 Å². The van der Waals surface area contributed by atoms with Crippen molar-refractivity contribution in [2.45, 2.75) is 77.1 Å². The Balaban J connectivity index is 5.48. The molecule has 0 aliphatic heterocycles. The molecule has 1 atom stereocenters. The minimum atomic E-state index is -2.13. The molecule has 0 aromatic carbocycles. The van der Waals surface area contributed by atoms with Gasteiger partial charge in [-0.25, -0.2) is 0 Å². The molecule has 0 rings (SSSR count). The number of hydrogen-bond acceptors (Lipinski definition) is 4. The van der Waals surface area contributed by atoms with Gasteiger partial charge in [0.15, 0.2) is 0 Å². The van der Waals surface area contributed by atoms with Gasteiger partial charge in [0.25, 0.3) is 14.3 Å². The number of hydrogen-bond donors (Lipinski definition) is 0. The van der Waals surface area contributed by atoms with Gasteiger partial charge in [0.1, 0.15) is 5.04 Å². The molecule has 0 bridgehead atoms. The summed E-state index contributed by atoms with van der Waals surface area (Å²) >= 11 is 0. The predicted molar refractivity (Wildman–Crippen MR) is 91.0 cm³/mol. The maximum Gasteiger partial charge on any atom is 0.402 e. The van der Waals surface area contributed by atoms with Crippen LogP contribution in [0.5, 0.6) is 0 Å². The molecule has 0 saturated heterocycles. The smallest absolute Gasteiger partial charge is 0.402 e. The van der Waals surface area contributed by atoms with Gasteiger partial charge in [-0.3, -0.25) is 4.79 Å². The summed E-state index contributed by atoms with van der Waals surface area (Å²) in [5, 5.41) is -0.675. The van der Waals surface area contributed by atoms with Gasteiger partial charge in [-0.15, -0.1) is 0 Å². The van der Waals surface area contributed by atoms with Crippen LogP contribution in [-0.4, -0.2) is 37.8 Å². The number of carbonyl (C=O) groups excluding carboxylic acids is 1. The van der Waals surface area contributed by atoms with Gasteiger partial charge in [0.2, 0.25) is 0 Å². The van der Waals surface area contributed by atoms with E-state index in [9.17, 15) is 4.79 Å². The van der Waals surface area contributed by atoms with Crippen molar-refractivity contribution in [3.05, 3.63) is 0 Å². The van der Waals surface area contributed by atoms with Gasteiger partial charge in [-0.05, 0) is 30.5 Å². The van der Waals surface area contributed by atoms with E-state index < -0.39 is 22.6 Å². The zero-order chi connectivity index (χ0) is 16.8. The Kier molecular flexibility index (Phi) is 8.38. The molecule has 6 heteroatoms. The predicted octanol–water partition coefficient (Wildman–Crippen LogP) is 4.27. The largest absolute Gasteiger partial charge is 0.518 e. The summed E-state index contributed by atoms with van der Waals surface area (Å²) in [7, 11) is -0.611. The first-order chi connectivity index (χ1) is 9.66. The molecule has 1 radical (unpaired) electrons. The van der Waals surface area contributed by atoms with Crippen LogP contribution in [0.4, 0.5) is 0 Å². The molecule has 21 heavy (non-hydrogen) atoms. The summed E-state index contributed by atoms with van der Waals surface area (Å²) in [5.41, 5.74) is 0.793. The lowest BCUT2D eigenvalue weighted by molar-refractivity contribution is -0.139. The van der Waals surface area contributed by atoms with E-state index in [2.05, 4.69) is 34.6 Å². The zero-order valence-electron chi connectivity index (χ0n) is 15.2. The average Bonchev–Trinajstić information content (AvgIpc) is 2.44. The second kappa shape index (κ2) is 8.45. The lowest BCUT2D eigenvalue weighted by Gasteiger charge is -2.40. The molecule has 0 aliphatic rings. The quantitative estimate of drug-likeness (QED) is 0.591. The van der Waals surface area contributed by atoms with Crippen LogP contribution in [0.3, 0.4) is 0 Å². The average molecular weight is 334 g/mol. The first kappa shape index (κ1) is 20.8. The normalized spacial score (nSPS) is 15.6. The molecule has 0 N–H and O–H groups in total. The first-order valence-corrected chi connectivity index (χ1v) is 11.4. The summed E-state index contributed by atoms with van der Waals surface area (Å²) in [4.78, 5) is 12.9. The van der Waals surface area contributed by atoms with E-state index in [1.807, 2.05) is 13.8 Å². The third-order valence-corrected chi connectivity index (χ3v) is 12.5. The highest BCUT2D eigenvalue weighted by Gasteiger charge is 2.51. The van der Waals surface area contributed by atoms with E-state index in [-0.39, 0.29) is 5.97 Å². The monoisotopic (exact) mass is 333 g/mol. The summed E-state index contributed by atoms with van der Waals surface area (Å²) < 4.78 is 17.1. The van der Waals surface area contributed by atoms with Crippen molar-refractivity contribution in [1.29, 1.82) is 0 Å². The molecule has 0 aliphatic carbocycles. The van der Waals surface area contributed by atoms with Gasteiger partial charge >= 0.3 is 9.28 Å². The molecule has 125 valence electrons.